The molecule has 4 heteroatoms. The third-order valence-corrected chi connectivity index (χ3v) is 4.02. The number of anilines is 1. The summed E-state index contributed by atoms with van der Waals surface area (Å²) in [6, 6.07) is 8.24. The zero-order chi connectivity index (χ0) is 12.8. The van der Waals surface area contributed by atoms with Crippen molar-refractivity contribution in [1.29, 1.82) is 0 Å². The molecule has 1 aromatic heterocycles. The topological polar surface area (TPSA) is 36.4 Å². The highest BCUT2D eigenvalue weighted by Crippen LogP contribution is 2.28. The van der Waals surface area contributed by atoms with Gasteiger partial charge in [-0.2, -0.15) is 0 Å². The Morgan fingerprint density at radius 3 is 2.72 bits per heavy atom. The fourth-order valence-corrected chi connectivity index (χ4v) is 2.93. The van der Waals surface area contributed by atoms with Crippen molar-refractivity contribution in [2.24, 2.45) is 0 Å². The van der Waals surface area contributed by atoms with E-state index in [0.717, 1.165) is 30.2 Å². The third kappa shape index (κ3) is 3.21. The highest BCUT2D eigenvalue weighted by molar-refractivity contribution is 7.22. The van der Waals surface area contributed by atoms with E-state index in [4.69, 9.17) is 5.11 Å². The third-order valence-electron chi connectivity index (χ3n) is 2.92. The first-order valence-electron chi connectivity index (χ1n) is 6.56. The van der Waals surface area contributed by atoms with Crippen LogP contribution in [0, 0.1) is 0 Å². The molecule has 1 aromatic carbocycles. The van der Waals surface area contributed by atoms with Crippen LogP contribution in [-0.2, 0) is 0 Å². The minimum Gasteiger partial charge on any atom is -0.396 e. The standard InChI is InChI=1S/C14H20N2OS/c1-2-3-9-16(10-6-11-17)14-15-12-7-4-5-8-13(12)18-14/h4-5,7-8,17H,2-3,6,9-11H2,1H3. The number of aliphatic hydroxyl groups excluding tert-OH is 1. The minimum absolute atomic E-state index is 0.244. The second kappa shape index (κ2) is 6.71. The molecular formula is C14H20N2OS. The summed E-state index contributed by atoms with van der Waals surface area (Å²) < 4.78 is 1.23. The molecule has 0 aliphatic heterocycles. The van der Waals surface area contributed by atoms with E-state index in [1.54, 1.807) is 11.3 Å². The second-order valence-corrected chi connectivity index (χ2v) is 5.39. The molecule has 1 heterocycles. The van der Waals surface area contributed by atoms with Crippen LogP contribution in [0.3, 0.4) is 0 Å². The zero-order valence-corrected chi connectivity index (χ0v) is 11.6. The summed E-state index contributed by atoms with van der Waals surface area (Å²) >= 11 is 1.74. The second-order valence-electron chi connectivity index (χ2n) is 4.38. The Kier molecular flexibility index (Phi) is 4.96. The molecular weight excluding hydrogens is 244 g/mol. The van der Waals surface area contributed by atoms with Crippen molar-refractivity contribution < 1.29 is 5.11 Å². The van der Waals surface area contributed by atoms with Crippen LogP contribution in [0.15, 0.2) is 24.3 Å². The van der Waals surface area contributed by atoms with Crippen molar-refractivity contribution in [3.05, 3.63) is 24.3 Å². The number of fused-ring (bicyclic) bond motifs is 1. The summed E-state index contributed by atoms with van der Waals surface area (Å²) in [5.74, 6) is 0. The van der Waals surface area contributed by atoms with Gasteiger partial charge in [0.05, 0.1) is 10.2 Å². The average molecular weight is 264 g/mol. The van der Waals surface area contributed by atoms with E-state index >= 15 is 0 Å². The molecule has 0 saturated carbocycles. The smallest absolute Gasteiger partial charge is 0.186 e. The molecule has 0 amide bonds. The van der Waals surface area contributed by atoms with Gasteiger partial charge in [-0.05, 0) is 25.0 Å². The van der Waals surface area contributed by atoms with Gasteiger partial charge in [0.2, 0.25) is 0 Å². The molecule has 18 heavy (non-hydrogen) atoms. The summed E-state index contributed by atoms with van der Waals surface area (Å²) in [6.07, 6.45) is 3.15. The van der Waals surface area contributed by atoms with E-state index in [2.05, 4.69) is 28.9 Å². The van der Waals surface area contributed by atoms with Gasteiger partial charge in [-0.15, -0.1) is 0 Å². The summed E-state index contributed by atoms with van der Waals surface area (Å²) in [7, 11) is 0. The van der Waals surface area contributed by atoms with Crippen LogP contribution >= 0.6 is 11.3 Å². The van der Waals surface area contributed by atoms with Crippen LogP contribution in [0.5, 0.6) is 0 Å². The molecule has 0 atom stereocenters. The van der Waals surface area contributed by atoms with Gasteiger partial charge in [-0.3, -0.25) is 0 Å². The van der Waals surface area contributed by atoms with Crippen LogP contribution in [0.2, 0.25) is 0 Å². The van der Waals surface area contributed by atoms with Gasteiger partial charge in [0.1, 0.15) is 0 Å². The molecule has 2 rings (SSSR count). The summed E-state index contributed by atoms with van der Waals surface area (Å²) in [5.41, 5.74) is 1.07. The Labute approximate surface area is 112 Å². The molecule has 98 valence electrons. The number of thiazole rings is 1. The van der Waals surface area contributed by atoms with E-state index in [1.807, 2.05) is 12.1 Å². The molecule has 0 saturated heterocycles. The van der Waals surface area contributed by atoms with Crippen molar-refractivity contribution in [1.82, 2.24) is 4.98 Å². The van der Waals surface area contributed by atoms with Crippen molar-refractivity contribution in [2.45, 2.75) is 26.2 Å². The lowest BCUT2D eigenvalue weighted by molar-refractivity contribution is 0.289. The van der Waals surface area contributed by atoms with Crippen LogP contribution in [0.1, 0.15) is 26.2 Å². The molecule has 0 unspecified atom stereocenters. The van der Waals surface area contributed by atoms with Gasteiger partial charge < -0.3 is 10.0 Å². The minimum atomic E-state index is 0.244. The molecule has 3 nitrogen and oxygen atoms in total. The number of aromatic nitrogens is 1. The summed E-state index contributed by atoms with van der Waals surface area (Å²) in [5, 5.41) is 10.1. The van der Waals surface area contributed by atoms with Gasteiger partial charge in [0, 0.05) is 19.7 Å². The lowest BCUT2D eigenvalue weighted by Crippen LogP contribution is -2.26. The van der Waals surface area contributed by atoms with E-state index in [9.17, 15) is 0 Å². The molecule has 0 aliphatic carbocycles. The molecule has 0 fully saturated rings. The Hall–Kier alpha value is -1.13. The number of aliphatic hydroxyl groups is 1. The highest BCUT2D eigenvalue weighted by atomic mass is 32.1. The van der Waals surface area contributed by atoms with Crippen LogP contribution in [0.4, 0.5) is 5.13 Å². The number of para-hydroxylation sites is 1. The van der Waals surface area contributed by atoms with Crippen molar-refractivity contribution >= 4 is 26.7 Å². The quantitative estimate of drug-likeness (QED) is 0.833. The van der Waals surface area contributed by atoms with E-state index < -0.39 is 0 Å². The number of hydrogen-bond acceptors (Lipinski definition) is 4. The number of hydrogen-bond donors (Lipinski definition) is 1. The zero-order valence-electron chi connectivity index (χ0n) is 10.8. The normalized spacial score (nSPS) is 11.0. The average Bonchev–Trinajstić information content (AvgIpc) is 2.82. The number of benzene rings is 1. The number of rotatable bonds is 7. The lowest BCUT2D eigenvalue weighted by Gasteiger charge is -2.20. The van der Waals surface area contributed by atoms with E-state index in [-0.39, 0.29) is 6.61 Å². The fraction of sp³-hybridized carbons (Fsp3) is 0.500. The molecule has 1 N–H and O–H groups in total. The summed E-state index contributed by atoms with van der Waals surface area (Å²) in [4.78, 5) is 6.98. The number of unbranched alkanes of at least 4 members (excludes halogenated alkanes) is 1. The van der Waals surface area contributed by atoms with Crippen molar-refractivity contribution in [3.8, 4) is 0 Å². The maximum atomic E-state index is 8.98. The van der Waals surface area contributed by atoms with Crippen molar-refractivity contribution in [2.75, 3.05) is 24.6 Å². The van der Waals surface area contributed by atoms with Gasteiger partial charge in [-0.1, -0.05) is 36.8 Å². The Morgan fingerprint density at radius 1 is 1.22 bits per heavy atom. The first-order chi connectivity index (χ1) is 8.85. The first-order valence-corrected chi connectivity index (χ1v) is 7.38. The molecule has 0 bridgehead atoms. The highest BCUT2D eigenvalue weighted by Gasteiger charge is 2.11. The van der Waals surface area contributed by atoms with E-state index in [0.29, 0.717) is 0 Å². The molecule has 0 aliphatic rings. The summed E-state index contributed by atoms with van der Waals surface area (Å²) in [6.45, 7) is 4.35. The van der Waals surface area contributed by atoms with Gasteiger partial charge >= 0.3 is 0 Å². The van der Waals surface area contributed by atoms with Crippen LogP contribution in [-0.4, -0.2) is 29.8 Å². The predicted octanol–water partition coefficient (Wildman–Crippen LogP) is 3.29. The SMILES string of the molecule is CCCCN(CCCO)c1nc2ccccc2s1. The van der Waals surface area contributed by atoms with Crippen LogP contribution in [0.25, 0.3) is 10.2 Å². The maximum absolute atomic E-state index is 8.98. The van der Waals surface area contributed by atoms with Gasteiger partial charge in [-0.25, -0.2) is 4.98 Å². The molecule has 0 spiro atoms. The van der Waals surface area contributed by atoms with Gasteiger partial charge in [0.25, 0.3) is 0 Å². The monoisotopic (exact) mass is 264 g/mol. The first kappa shape index (κ1) is 13.3. The molecule has 0 radical (unpaired) electrons. The van der Waals surface area contributed by atoms with Gasteiger partial charge in [0.15, 0.2) is 5.13 Å². The largest absolute Gasteiger partial charge is 0.396 e. The maximum Gasteiger partial charge on any atom is 0.186 e. The lowest BCUT2D eigenvalue weighted by atomic mass is 10.3. The number of nitrogens with zero attached hydrogens (tertiary/aromatic N) is 2. The predicted molar refractivity (Wildman–Crippen MR) is 78.4 cm³/mol. The van der Waals surface area contributed by atoms with E-state index in [1.165, 1.54) is 17.5 Å². The van der Waals surface area contributed by atoms with Crippen LogP contribution < -0.4 is 4.90 Å². The Morgan fingerprint density at radius 2 is 2.00 bits per heavy atom. The Bertz CT molecular complexity index is 442. The van der Waals surface area contributed by atoms with Crippen molar-refractivity contribution in [3.63, 3.8) is 0 Å². The molecule has 2 aromatic rings. The Balaban J connectivity index is 2.17. The fourth-order valence-electron chi connectivity index (χ4n) is 1.91.